The van der Waals surface area contributed by atoms with Crippen molar-refractivity contribution in [1.29, 1.82) is 0 Å². The summed E-state index contributed by atoms with van der Waals surface area (Å²) < 4.78 is 16.5. The number of fused-ring (bicyclic) bond motifs is 1. The molecule has 0 radical (unpaired) electrons. The van der Waals surface area contributed by atoms with Crippen LogP contribution in [0.2, 0.25) is 0 Å². The molecule has 4 aromatic rings. The molecule has 1 N–H and O–H groups in total. The van der Waals surface area contributed by atoms with Crippen molar-refractivity contribution >= 4 is 33.8 Å². The van der Waals surface area contributed by atoms with Gasteiger partial charge >= 0.3 is 0 Å². The summed E-state index contributed by atoms with van der Waals surface area (Å²) in [5.74, 6) is 0.403. The number of ether oxygens (including phenoxy) is 2. The maximum absolute atomic E-state index is 12.8. The number of carbonyl (C=O) groups excluding carboxylic acids is 1. The van der Waals surface area contributed by atoms with Crippen LogP contribution < -0.4 is 14.8 Å². The van der Waals surface area contributed by atoms with E-state index < -0.39 is 10.8 Å². The third-order valence-corrected chi connectivity index (χ3v) is 5.40. The van der Waals surface area contributed by atoms with Crippen LogP contribution in [0.4, 0.5) is 11.4 Å². The Morgan fingerprint density at radius 1 is 1.03 bits per heavy atom. The SMILES string of the molecule is COc1ccc([N+](=O)[O-])cc1NC(=O)/C=C(\C)c1cc2c(-c3ccccc3)coc2cc1OC. The maximum atomic E-state index is 12.8. The summed E-state index contributed by atoms with van der Waals surface area (Å²) in [5, 5.41) is 14.7. The number of methoxy groups -OCH3 is 2. The molecule has 0 bridgehead atoms. The lowest BCUT2D eigenvalue weighted by molar-refractivity contribution is -0.384. The van der Waals surface area contributed by atoms with Gasteiger partial charge in [0.05, 0.1) is 31.1 Å². The average Bonchev–Trinajstić information content (AvgIpc) is 3.26. The molecule has 4 rings (SSSR count). The topological polar surface area (TPSA) is 104 Å². The first-order valence-corrected chi connectivity index (χ1v) is 10.4. The number of carbonyl (C=O) groups is 1. The minimum Gasteiger partial charge on any atom is -0.496 e. The van der Waals surface area contributed by atoms with E-state index in [0.717, 1.165) is 22.1 Å². The van der Waals surface area contributed by atoms with Crippen LogP contribution in [0.3, 0.4) is 0 Å². The zero-order valence-corrected chi connectivity index (χ0v) is 18.8. The van der Waals surface area contributed by atoms with E-state index in [1.54, 1.807) is 26.4 Å². The van der Waals surface area contributed by atoms with Gasteiger partial charge < -0.3 is 19.2 Å². The van der Waals surface area contributed by atoms with Gasteiger partial charge in [-0.3, -0.25) is 14.9 Å². The molecule has 0 aliphatic carbocycles. The molecule has 8 heteroatoms. The summed E-state index contributed by atoms with van der Waals surface area (Å²) in [5.41, 5.74) is 4.01. The highest BCUT2D eigenvalue weighted by atomic mass is 16.6. The average molecular weight is 458 g/mol. The Labute approximate surface area is 195 Å². The van der Waals surface area contributed by atoms with Gasteiger partial charge in [-0.1, -0.05) is 30.3 Å². The molecule has 3 aromatic carbocycles. The third kappa shape index (κ3) is 4.47. The molecule has 34 heavy (non-hydrogen) atoms. The molecule has 0 fully saturated rings. The van der Waals surface area contributed by atoms with Crippen molar-refractivity contribution in [1.82, 2.24) is 0 Å². The zero-order valence-electron chi connectivity index (χ0n) is 18.8. The number of non-ortho nitro benzene ring substituents is 1. The number of rotatable bonds is 7. The molecular weight excluding hydrogens is 436 g/mol. The van der Waals surface area contributed by atoms with Crippen LogP contribution in [0.15, 0.2) is 77.4 Å². The largest absolute Gasteiger partial charge is 0.496 e. The second-order valence-electron chi connectivity index (χ2n) is 7.52. The minimum absolute atomic E-state index is 0.155. The standard InChI is InChI=1S/C26H22N2O6/c1-16(11-26(29)27-22-12-18(28(30)31)9-10-23(22)32-2)19-13-20-21(17-7-5-4-6-8-17)15-34-25(20)14-24(19)33-3/h4-15H,1-3H3,(H,27,29)/b16-11+. The van der Waals surface area contributed by atoms with E-state index in [1.807, 2.05) is 36.4 Å². The fraction of sp³-hybridized carbons (Fsp3) is 0.115. The van der Waals surface area contributed by atoms with Gasteiger partial charge in [0.15, 0.2) is 0 Å². The highest BCUT2D eigenvalue weighted by Crippen LogP contribution is 2.37. The molecule has 8 nitrogen and oxygen atoms in total. The van der Waals surface area contributed by atoms with Gasteiger partial charge in [-0.2, -0.15) is 0 Å². The summed E-state index contributed by atoms with van der Waals surface area (Å²) >= 11 is 0. The van der Waals surface area contributed by atoms with Gasteiger partial charge in [0.25, 0.3) is 5.69 Å². The molecule has 0 atom stereocenters. The fourth-order valence-corrected chi connectivity index (χ4v) is 3.72. The van der Waals surface area contributed by atoms with Gasteiger partial charge in [0, 0.05) is 40.8 Å². The molecule has 1 aromatic heterocycles. The second kappa shape index (κ2) is 9.50. The van der Waals surface area contributed by atoms with E-state index in [2.05, 4.69) is 5.32 Å². The number of benzene rings is 3. The van der Waals surface area contributed by atoms with Crippen molar-refractivity contribution in [2.45, 2.75) is 6.92 Å². The number of anilines is 1. The number of allylic oxidation sites excluding steroid dienone is 1. The van der Waals surface area contributed by atoms with Gasteiger partial charge in [-0.25, -0.2) is 0 Å². The molecule has 0 unspecified atom stereocenters. The molecule has 0 aliphatic rings. The smallest absolute Gasteiger partial charge is 0.271 e. The number of furan rings is 1. The van der Waals surface area contributed by atoms with Crippen molar-refractivity contribution in [3.05, 3.63) is 88.7 Å². The molecule has 1 heterocycles. The van der Waals surface area contributed by atoms with E-state index in [-0.39, 0.29) is 11.4 Å². The molecule has 0 spiro atoms. The lowest BCUT2D eigenvalue weighted by Crippen LogP contribution is -2.10. The monoisotopic (exact) mass is 458 g/mol. The van der Waals surface area contributed by atoms with Crippen molar-refractivity contribution in [3.63, 3.8) is 0 Å². The van der Waals surface area contributed by atoms with Gasteiger partial charge in [0.1, 0.15) is 17.1 Å². The van der Waals surface area contributed by atoms with E-state index in [0.29, 0.717) is 22.7 Å². The van der Waals surface area contributed by atoms with E-state index in [1.165, 1.54) is 31.4 Å². The number of nitrogens with one attached hydrogen (secondary N) is 1. The van der Waals surface area contributed by atoms with Crippen LogP contribution >= 0.6 is 0 Å². The van der Waals surface area contributed by atoms with Crippen LogP contribution in [0.25, 0.3) is 27.7 Å². The predicted octanol–water partition coefficient (Wildman–Crippen LogP) is 6.07. The fourth-order valence-electron chi connectivity index (χ4n) is 3.72. The number of hydrogen-bond acceptors (Lipinski definition) is 6. The van der Waals surface area contributed by atoms with Crippen LogP contribution in [0.5, 0.6) is 11.5 Å². The van der Waals surface area contributed by atoms with Crippen LogP contribution in [-0.2, 0) is 4.79 Å². The van der Waals surface area contributed by atoms with Gasteiger partial charge in [-0.15, -0.1) is 0 Å². The Balaban J connectivity index is 1.70. The lowest BCUT2D eigenvalue weighted by Gasteiger charge is -2.11. The third-order valence-electron chi connectivity index (χ3n) is 5.40. The van der Waals surface area contributed by atoms with Crippen molar-refractivity contribution < 1.29 is 23.6 Å². The summed E-state index contributed by atoms with van der Waals surface area (Å²) in [6, 6.07) is 17.6. The second-order valence-corrected chi connectivity index (χ2v) is 7.52. The molecule has 0 saturated carbocycles. The summed E-state index contributed by atoms with van der Waals surface area (Å²) in [6.45, 7) is 1.79. The van der Waals surface area contributed by atoms with Crippen molar-refractivity contribution in [2.24, 2.45) is 0 Å². The molecule has 1 amide bonds. The van der Waals surface area contributed by atoms with Crippen molar-refractivity contribution in [3.8, 4) is 22.6 Å². The van der Waals surface area contributed by atoms with Crippen LogP contribution in [0.1, 0.15) is 12.5 Å². The lowest BCUT2D eigenvalue weighted by atomic mass is 9.99. The number of nitrogens with zero attached hydrogens (tertiary/aromatic N) is 1. The summed E-state index contributed by atoms with van der Waals surface area (Å²) in [6.07, 6.45) is 3.10. The number of nitro groups is 1. The van der Waals surface area contributed by atoms with Crippen LogP contribution in [0, 0.1) is 10.1 Å². The Hall–Kier alpha value is -4.59. The zero-order chi connectivity index (χ0) is 24.2. The first-order chi connectivity index (χ1) is 16.4. The highest BCUT2D eigenvalue weighted by molar-refractivity contribution is 6.06. The highest BCUT2D eigenvalue weighted by Gasteiger charge is 2.16. The molecule has 172 valence electrons. The quantitative estimate of drug-likeness (QED) is 0.205. The minimum atomic E-state index is -0.536. The molecule has 0 saturated heterocycles. The van der Waals surface area contributed by atoms with E-state index in [4.69, 9.17) is 13.9 Å². The first-order valence-electron chi connectivity index (χ1n) is 10.4. The maximum Gasteiger partial charge on any atom is 0.271 e. The summed E-state index contributed by atoms with van der Waals surface area (Å²) in [4.78, 5) is 23.3. The number of nitro benzene ring substituents is 1. The van der Waals surface area contributed by atoms with Crippen LogP contribution in [-0.4, -0.2) is 25.1 Å². The van der Waals surface area contributed by atoms with E-state index in [9.17, 15) is 14.9 Å². The number of amides is 1. The Morgan fingerprint density at radius 2 is 1.76 bits per heavy atom. The first kappa shape index (κ1) is 22.6. The number of hydrogen-bond donors (Lipinski definition) is 1. The Morgan fingerprint density at radius 3 is 2.44 bits per heavy atom. The summed E-state index contributed by atoms with van der Waals surface area (Å²) in [7, 11) is 2.97. The van der Waals surface area contributed by atoms with Gasteiger partial charge in [0.2, 0.25) is 5.91 Å². The normalized spacial score (nSPS) is 11.3. The Kier molecular flexibility index (Phi) is 6.31. The molecule has 0 aliphatic heterocycles. The van der Waals surface area contributed by atoms with E-state index >= 15 is 0 Å². The molecular formula is C26H22N2O6. The predicted molar refractivity (Wildman–Crippen MR) is 130 cm³/mol. The Bertz CT molecular complexity index is 1410. The van der Waals surface area contributed by atoms with Crippen molar-refractivity contribution in [2.75, 3.05) is 19.5 Å². The van der Waals surface area contributed by atoms with Gasteiger partial charge in [-0.05, 0) is 30.2 Å².